The maximum absolute atomic E-state index is 6.64. The van der Waals surface area contributed by atoms with E-state index in [0.29, 0.717) is 0 Å². The van der Waals surface area contributed by atoms with Gasteiger partial charge in [0.25, 0.3) is 0 Å². The van der Waals surface area contributed by atoms with E-state index in [-0.39, 0.29) is 0 Å². The van der Waals surface area contributed by atoms with Crippen molar-refractivity contribution in [2.75, 3.05) is 4.90 Å². The highest BCUT2D eigenvalue weighted by atomic mass is 16.3. The highest BCUT2D eigenvalue weighted by molar-refractivity contribution is 6.02. The van der Waals surface area contributed by atoms with E-state index in [4.69, 9.17) is 4.42 Å². The Labute approximate surface area is 279 Å². The van der Waals surface area contributed by atoms with Crippen LogP contribution in [-0.4, -0.2) is 0 Å². The maximum Gasteiger partial charge on any atom is 0.143 e. The summed E-state index contributed by atoms with van der Waals surface area (Å²) < 4.78 is 6.64. The van der Waals surface area contributed by atoms with E-state index in [0.717, 1.165) is 50.5 Å². The van der Waals surface area contributed by atoms with E-state index >= 15 is 0 Å². The summed E-state index contributed by atoms with van der Waals surface area (Å²) in [6, 6.07) is 66.9. The Morgan fingerprint density at radius 2 is 0.875 bits per heavy atom. The van der Waals surface area contributed by atoms with Gasteiger partial charge in [-0.05, 0) is 86.8 Å². The Hall–Kier alpha value is -6.38. The number of rotatable bonds is 6. The van der Waals surface area contributed by atoms with Crippen molar-refractivity contribution in [2.24, 2.45) is 0 Å². The first-order valence-electron chi connectivity index (χ1n) is 16.3. The minimum Gasteiger partial charge on any atom is -0.455 e. The third-order valence-corrected chi connectivity index (χ3v) is 9.20. The Morgan fingerprint density at radius 1 is 0.333 bits per heavy atom. The monoisotopic (exact) mass is 613 g/mol. The highest BCUT2D eigenvalue weighted by Gasteiger charge is 2.20. The number of para-hydroxylation sites is 1. The molecule has 0 spiro atoms. The molecule has 0 bridgehead atoms. The molecule has 0 saturated heterocycles. The SMILES string of the molecule is c1ccc(-c2c(-c3cccc(N(c4cccc(-c5ccc6ccccc6c5)c4)c4ccc5ccccc5c4)c3)oc3ccccc23)cc1. The van der Waals surface area contributed by atoms with Crippen molar-refractivity contribution >= 4 is 49.6 Å². The zero-order valence-corrected chi connectivity index (χ0v) is 26.3. The molecule has 0 unspecified atom stereocenters. The average molecular weight is 614 g/mol. The maximum atomic E-state index is 6.64. The second-order valence-corrected chi connectivity index (χ2v) is 12.2. The zero-order chi connectivity index (χ0) is 31.9. The third kappa shape index (κ3) is 5.01. The molecule has 0 aliphatic carbocycles. The topological polar surface area (TPSA) is 16.4 Å². The molecule has 0 amide bonds. The van der Waals surface area contributed by atoms with E-state index in [1.807, 2.05) is 6.07 Å². The predicted molar refractivity (Wildman–Crippen MR) is 202 cm³/mol. The van der Waals surface area contributed by atoms with Crippen molar-refractivity contribution in [3.8, 4) is 33.6 Å². The van der Waals surface area contributed by atoms with Crippen LogP contribution in [0.15, 0.2) is 192 Å². The van der Waals surface area contributed by atoms with E-state index in [9.17, 15) is 0 Å². The van der Waals surface area contributed by atoms with Crippen LogP contribution in [0.4, 0.5) is 17.1 Å². The molecule has 1 aromatic heterocycles. The number of fused-ring (bicyclic) bond motifs is 3. The van der Waals surface area contributed by atoms with Crippen molar-refractivity contribution in [1.82, 2.24) is 0 Å². The fraction of sp³-hybridized carbons (Fsp3) is 0. The Bertz CT molecular complexity index is 2580. The fourth-order valence-electron chi connectivity index (χ4n) is 6.88. The summed E-state index contributed by atoms with van der Waals surface area (Å²) >= 11 is 0. The van der Waals surface area contributed by atoms with Crippen LogP contribution >= 0.6 is 0 Å². The van der Waals surface area contributed by atoms with Gasteiger partial charge in [0.1, 0.15) is 11.3 Å². The molecule has 8 aromatic carbocycles. The van der Waals surface area contributed by atoms with Crippen molar-refractivity contribution in [1.29, 1.82) is 0 Å². The summed E-state index contributed by atoms with van der Waals surface area (Å²) in [6.07, 6.45) is 0. The number of nitrogens with zero attached hydrogens (tertiary/aromatic N) is 1. The molecule has 1 heterocycles. The lowest BCUT2D eigenvalue weighted by atomic mass is 9.98. The van der Waals surface area contributed by atoms with Crippen LogP contribution in [0.3, 0.4) is 0 Å². The second kappa shape index (κ2) is 11.8. The Balaban J connectivity index is 1.22. The van der Waals surface area contributed by atoms with Crippen LogP contribution in [0.5, 0.6) is 0 Å². The molecule has 0 aliphatic heterocycles. The standard InChI is InChI=1S/C46H31NO/c1-2-14-34(15-3-1)45-43-22-8-9-23-44(43)48-46(45)39-19-11-21-41(31-39)47(42-27-26-33-13-5-7-17-36(33)29-42)40-20-10-18-37(30-40)38-25-24-32-12-4-6-16-35(32)28-38/h1-31H. The van der Waals surface area contributed by atoms with Gasteiger partial charge >= 0.3 is 0 Å². The molecule has 0 aliphatic rings. The van der Waals surface area contributed by atoms with Crippen LogP contribution in [0.25, 0.3) is 66.1 Å². The molecule has 0 radical (unpaired) electrons. The third-order valence-electron chi connectivity index (χ3n) is 9.20. The van der Waals surface area contributed by atoms with Gasteiger partial charge in [0.15, 0.2) is 0 Å². The summed E-state index contributed by atoms with van der Waals surface area (Å²) in [4.78, 5) is 2.35. The lowest BCUT2D eigenvalue weighted by Crippen LogP contribution is -2.10. The molecule has 2 heteroatoms. The van der Waals surface area contributed by atoms with Crippen molar-refractivity contribution < 1.29 is 4.42 Å². The van der Waals surface area contributed by atoms with Gasteiger partial charge in [0, 0.05) is 33.6 Å². The van der Waals surface area contributed by atoms with E-state index in [1.165, 1.54) is 32.7 Å². The molecule has 0 N–H and O–H groups in total. The van der Waals surface area contributed by atoms with Crippen molar-refractivity contribution in [3.05, 3.63) is 188 Å². The minimum atomic E-state index is 0.868. The summed E-state index contributed by atoms with van der Waals surface area (Å²) in [6.45, 7) is 0. The minimum absolute atomic E-state index is 0.868. The van der Waals surface area contributed by atoms with E-state index < -0.39 is 0 Å². The Kier molecular flexibility index (Phi) is 6.84. The van der Waals surface area contributed by atoms with Gasteiger partial charge in [-0.2, -0.15) is 0 Å². The smallest absolute Gasteiger partial charge is 0.143 e. The van der Waals surface area contributed by atoms with Gasteiger partial charge in [-0.25, -0.2) is 0 Å². The molecular formula is C46H31NO. The summed E-state index contributed by atoms with van der Waals surface area (Å²) in [7, 11) is 0. The van der Waals surface area contributed by atoms with Crippen molar-refractivity contribution in [3.63, 3.8) is 0 Å². The zero-order valence-electron chi connectivity index (χ0n) is 26.3. The summed E-state index contributed by atoms with van der Waals surface area (Å²) in [5.74, 6) is 0.868. The number of hydrogen-bond donors (Lipinski definition) is 0. The lowest BCUT2D eigenvalue weighted by Gasteiger charge is -2.27. The van der Waals surface area contributed by atoms with Gasteiger partial charge in [0.2, 0.25) is 0 Å². The molecule has 9 aromatic rings. The van der Waals surface area contributed by atoms with E-state index in [1.54, 1.807) is 0 Å². The first kappa shape index (κ1) is 27.9. The van der Waals surface area contributed by atoms with Crippen LogP contribution in [-0.2, 0) is 0 Å². The van der Waals surface area contributed by atoms with Crippen LogP contribution in [0.2, 0.25) is 0 Å². The number of furan rings is 1. The molecule has 9 rings (SSSR count). The van der Waals surface area contributed by atoms with Crippen LogP contribution in [0.1, 0.15) is 0 Å². The largest absolute Gasteiger partial charge is 0.455 e. The van der Waals surface area contributed by atoms with Crippen molar-refractivity contribution in [2.45, 2.75) is 0 Å². The average Bonchev–Trinajstić information content (AvgIpc) is 3.55. The van der Waals surface area contributed by atoms with Gasteiger partial charge in [-0.1, -0.05) is 140 Å². The molecule has 0 fully saturated rings. The number of benzene rings is 8. The fourth-order valence-corrected chi connectivity index (χ4v) is 6.88. The normalized spacial score (nSPS) is 11.3. The molecule has 226 valence electrons. The van der Waals surface area contributed by atoms with E-state index in [2.05, 4.69) is 187 Å². The molecule has 48 heavy (non-hydrogen) atoms. The summed E-state index contributed by atoms with van der Waals surface area (Å²) in [5.41, 5.74) is 9.75. The van der Waals surface area contributed by atoms with Crippen LogP contribution in [0, 0.1) is 0 Å². The van der Waals surface area contributed by atoms with Crippen LogP contribution < -0.4 is 4.90 Å². The first-order valence-corrected chi connectivity index (χ1v) is 16.3. The number of hydrogen-bond acceptors (Lipinski definition) is 2. The second-order valence-electron chi connectivity index (χ2n) is 12.2. The van der Waals surface area contributed by atoms with Gasteiger partial charge in [0.05, 0.1) is 0 Å². The quantitative estimate of drug-likeness (QED) is 0.185. The first-order chi connectivity index (χ1) is 23.8. The predicted octanol–water partition coefficient (Wildman–Crippen LogP) is 13.2. The molecular weight excluding hydrogens is 583 g/mol. The Morgan fingerprint density at radius 3 is 1.65 bits per heavy atom. The molecule has 0 atom stereocenters. The molecule has 2 nitrogen and oxygen atoms in total. The lowest BCUT2D eigenvalue weighted by molar-refractivity contribution is 0.632. The number of anilines is 3. The van der Waals surface area contributed by atoms with Gasteiger partial charge in [-0.3, -0.25) is 0 Å². The molecule has 0 saturated carbocycles. The highest BCUT2D eigenvalue weighted by Crippen LogP contribution is 2.44. The van der Waals surface area contributed by atoms with Gasteiger partial charge < -0.3 is 9.32 Å². The summed E-state index contributed by atoms with van der Waals surface area (Å²) in [5, 5.41) is 6.01. The van der Waals surface area contributed by atoms with Gasteiger partial charge in [-0.15, -0.1) is 0 Å².